The molecule has 0 aliphatic heterocycles. The lowest BCUT2D eigenvalue weighted by atomic mass is 10.2. The van der Waals surface area contributed by atoms with E-state index in [1.807, 2.05) is 30.0 Å². The SMILES string of the molecule is CCNC(CC)C(C)Sc1ccc(Cl)c(Cl)c1. The summed E-state index contributed by atoms with van der Waals surface area (Å²) in [5, 5.41) is 5.25. The van der Waals surface area contributed by atoms with Crippen molar-refractivity contribution in [1.82, 2.24) is 5.32 Å². The fourth-order valence-corrected chi connectivity index (χ4v) is 3.33. The van der Waals surface area contributed by atoms with Crippen molar-refractivity contribution in [2.75, 3.05) is 6.54 Å². The van der Waals surface area contributed by atoms with Crippen LogP contribution in [0, 0.1) is 0 Å². The Morgan fingerprint density at radius 3 is 2.47 bits per heavy atom. The van der Waals surface area contributed by atoms with Crippen LogP contribution >= 0.6 is 35.0 Å². The second-order valence-electron chi connectivity index (χ2n) is 3.97. The lowest BCUT2D eigenvalue weighted by Crippen LogP contribution is -2.35. The summed E-state index contributed by atoms with van der Waals surface area (Å²) in [6.07, 6.45) is 1.13. The van der Waals surface area contributed by atoms with Gasteiger partial charge in [0.15, 0.2) is 0 Å². The minimum absolute atomic E-state index is 0.511. The lowest BCUT2D eigenvalue weighted by Gasteiger charge is -2.23. The summed E-state index contributed by atoms with van der Waals surface area (Å²) in [4.78, 5) is 1.17. The first-order chi connectivity index (χ1) is 8.08. The van der Waals surface area contributed by atoms with Crippen LogP contribution in [-0.2, 0) is 0 Å². The van der Waals surface area contributed by atoms with Gasteiger partial charge in [0.2, 0.25) is 0 Å². The van der Waals surface area contributed by atoms with E-state index in [9.17, 15) is 0 Å². The van der Waals surface area contributed by atoms with Crippen molar-refractivity contribution in [1.29, 1.82) is 0 Å². The molecule has 0 heterocycles. The third-order valence-electron chi connectivity index (χ3n) is 2.69. The molecule has 0 saturated heterocycles. The van der Waals surface area contributed by atoms with Gasteiger partial charge in [-0.05, 0) is 31.2 Å². The first-order valence-electron chi connectivity index (χ1n) is 5.93. The van der Waals surface area contributed by atoms with Crippen LogP contribution in [0.5, 0.6) is 0 Å². The largest absolute Gasteiger partial charge is 0.313 e. The molecule has 0 saturated carbocycles. The molecular formula is C13H19Cl2NS. The number of halogens is 2. The van der Waals surface area contributed by atoms with Gasteiger partial charge in [0.25, 0.3) is 0 Å². The standard InChI is InChI=1S/C13H19Cl2NS/c1-4-13(16-5-2)9(3)17-10-6-7-11(14)12(15)8-10/h6-9,13,16H,4-5H2,1-3H3. The van der Waals surface area contributed by atoms with E-state index in [1.54, 1.807) is 0 Å². The summed E-state index contributed by atoms with van der Waals surface area (Å²) < 4.78 is 0. The maximum atomic E-state index is 6.01. The molecule has 2 unspecified atom stereocenters. The third-order valence-corrected chi connectivity index (χ3v) is 4.65. The molecular weight excluding hydrogens is 273 g/mol. The quantitative estimate of drug-likeness (QED) is 0.751. The molecule has 0 amide bonds. The Hall–Kier alpha value is 0.110. The molecule has 2 atom stereocenters. The lowest BCUT2D eigenvalue weighted by molar-refractivity contribution is 0.509. The molecule has 1 rings (SSSR count). The van der Waals surface area contributed by atoms with Gasteiger partial charge >= 0.3 is 0 Å². The van der Waals surface area contributed by atoms with Crippen LogP contribution < -0.4 is 5.32 Å². The van der Waals surface area contributed by atoms with E-state index in [-0.39, 0.29) is 0 Å². The zero-order valence-corrected chi connectivity index (χ0v) is 12.8. The van der Waals surface area contributed by atoms with E-state index in [4.69, 9.17) is 23.2 Å². The predicted molar refractivity (Wildman–Crippen MR) is 79.5 cm³/mol. The molecule has 1 aromatic rings. The van der Waals surface area contributed by atoms with Crippen molar-refractivity contribution in [2.24, 2.45) is 0 Å². The first kappa shape index (κ1) is 15.2. The molecule has 0 aromatic heterocycles. The number of benzene rings is 1. The molecule has 0 spiro atoms. The molecule has 1 nitrogen and oxygen atoms in total. The van der Waals surface area contributed by atoms with Gasteiger partial charge < -0.3 is 5.32 Å². The second kappa shape index (κ2) is 7.52. The summed E-state index contributed by atoms with van der Waals surface area (Å²) in [6.45, 7) is 7.59. The molecule has 0 fully saturated rings. The Morgan fingerprint density at radius 2 is 1.94 bits per heavy atom. The van der Waals surface area contributed by atoms with E-state index in [1.165, 1.54) is 4.90 Å². The van der Waals surface area contributed by atoms with Gasteiger partial charge in [-0.15, -0.1) is 11.8 Å². The van der Waals surface area contributed by atoms with Gasteiger partial charge in [-0.2, -0.15) is 0 Å². The average molecular weight is 292 g/mol. The highest BCUT2D eigenvalue weighted by atomic mass is 35.5. The van der Waals surface area contributed by atoms with Crippen LogP contribution in [0.3, 0.4) is 0 Å². The molecule has 17 heavy (non-hydrogen) atoms. The molecule has 0 bridgehead atoms. The van der Waals surface area contributed by atoms with Crippen molar-refractivity contribution >= 4 is 35.0 Å². The Labute approximate surface area is 118 Å². The van der Waals surface area contributed by atoms with Crippen LogP contribution in [0.2, 0.25) is 10.0 Å². The molecule has 0 aliphatic carbocycles. The molecule has 1 aromatic carbocycles. The van der Waals surface area contributed by atoms with Crippen LogP contribution in [0.25, 0.3) is 0 Å². The summed E-state index contributed by atoms with van der Waals surface area (Å²) >= 11 is 13.7. The topological polar surface area (TPSA) is 12.0 Å². The van der Waals surface area contributed by atoms with Crippen molar-refractivity contribution < 1.29 is 0 Å². The normalized spacial score (nSPS) is 14.6. The highest BCUT2D eigenvalue weighted by molar-refractivity contribution is 8.00. The molecule has 0 radical (unpaired) electrons. The fraction of sp³-hybridized carbons (Fsp3) is 0.538. The van der Waals surface area contributed by atoms with Gasteiger partial charge in [0.1, 0.15) is 0 Å². The van der Waals surface area contributed by atoms with Crippen molar-refractivity contribution in [3.05, 3.63) is 28.2 Å². The number of thioether (sulfide) groups is 1. The van der Waals surface area contributed by atoms with E-state index in [2.05, 4.69) is 26.1 Å². The van der Waals surface area contributed by atoms with E-state index < -0.39 is 0 Å². The summed E-state index contributed by atoms with van der Waals surface area (Å²) in [7, 11) is 0. The van der Waals surface area contributed by atoms with E-state index >= 15 is 0 Å². The van der Waals surface area contributed by atoms with Crippen LogP contribution in [0.4, 0.5) is 0 Å². The van der Waals surface area contributed by atoms with Crippen LogP contribution in [-0.4, -0.2) is 17.8 Å². The van der Waals surface area contributed by atoms with E-state index in [0.717, 1.165) is 13.0 Å². The average Bonchev–Trinajstić information content (AvgIpc) is 2.30. The Kier molecular flexibility index (Phi) is 6.71. The van der Waals surface area contributed by atoms with Crippen LogP contribution in [0.1, 0.15) is 27.2 Å². The summed E-state index contributed by atoms with van der Waals surface area (Å²) in [6, 6.07) is 6.34. The molecule has 96 valence electrons. The first-order valence-corrected chi connectivity index (χ1v) is 7.57. The fourth-order valence-electron chi connectivity index (χ4n) is 1.75. The van der Waals surface area contributed by atoms with E-state index in [0.29, 0.717) is 21.3 Å². The maximum Gasteiger partial charge on any atom is 0.0603 e. The smallest absolute Gasteiger partial charge is 0.0603 e. The second-order valence-corrected chi connectivity index (χ2v) is 6.24. The monoisotopic (exact) mass is 291 g/mol. The van der Waals surface area contributed by atoms with Gasteiger partial charge in [-0.25, -0.2) is 0 Å². The molecule has 1 N–H and O–H groups in total. The maximum absolute atomic E-state index is 6.01. The minimum atomic E-state index is 0.511. The Morgan fingerprint density at radius 1 is 1.24 bits per heavy atom. The summed E-state index contributed by atoms with van der Waals surface area (Å²) in [5.41, 5.74) is 0. The van der Waals surface area contributed by atoms with Crippen molar-refractivity contribution in [3.8, 4) is 0 Å². The molecule has 4 heteroatoms. The number of hydrogen-bond acceptors (Lipinski definition) is 2. The van der Waals surface area contributed by atoms with Crippen molar-refractivity contribution in [2.45, 2.75) is 43.4 Å². The third kappa shape index (κ3) is 4.70. The van der Waals surface area contributed by atoms with Gasteiger partial charge in [-0.3, -0.25) is 0 Å². The highest BCUT2D eigenvalue weighted by Gasteiger charge is 2.15. The zero-order valence-electron chi connectivity index (χ0n) is 10.5. The highest BCUT2D eigenvalue weighted by Crippen LogP contribution is 2.31. The summed E-state index contributed by atoms with van der Waals surface area (Å²) in [5.74, 6) is 0. The zero-order chi connectivity index (χ0) is 12.8. The number of nitrogens with one attached hydrogen (secondary N) is 1. The molecule has 0 aliphatic rings. The van der Waals surface area contributed by atoms with Gasteiger partial charge in [0, 0.05) is 16.2 Å². The van der Waals surface area contributed by atoms with Gasteiger partial charge in [-0.1, -0.05) is 44.0 Å². The Balaban J connectivity index is 2.66. The van der Waals surface area contributed by atoms with Crippen molar-refractivity contribution in [3.63, 3.8) is 0 Å². The number of rotatable bonds is 6. The number of hydrogen-bond donors (Lipinski definition) is 1. The van der Waals surface area contributed by atoms with Crippen LogP contribution in [0.15, 0.2) is 23.1 Å². The minimum Gasteiger partial charge on any atom is -0.313 e. The Bertz CT molecular complexity index is 357. The predicted octanol–water partition coefficient (Wildman–Crippen LogP) is 4.86. The van der Waals surface area contributed by atoms with Gasteiger partial charge in [0.05, 0.1) is 10.0 Å².